The third-order valence-electron chi connectivity index (χ3n) is 4.90. The first-order valence-electron chi connectivity index (χ1n) is 6.52. The highest BCUT2D eigenvalue weighted by molar-refractivity contribution is 4.96. The number of hydrogen-bond acceptors (Lipinski definition) is 0. The lowest BCUT2D eigenvalue weighted by Crippen LogP contribution is -2.42. The van der Waals surface area contributed by atoms with Crippen LogP contribution >= 0.6 is 0 Å². The molecule has 0 aromatic heterocycles. The first-order chi connectivity index (χ1) is 6.52. The van der Waals surface area contributed by atoms with Crippen LogP contribution in [0.4, 0.5) is 0 Å². The summed E-state index contributed by atoms with van der Waals surface area (Å²) in [6.07, 6.45) is 7.58. The smallest absolute Gasteiger partial charge is 0.0267 e. The number of fused-ring (bicyclic) bond motifs is 2. The highest BCUT2D eigenvalue weighted by atomic mass is 14.5. The number of rotatable bonds is 1. The molecule has 0 aromatic carbocycles. The third kappa shape index (κ3) is 1.73. The normalized spacial score (nSPS) is 48.2. The van der Waals surface area contributed by atoms with Crippen LogP contribution in [0.3, 0.4) is 0 Å². The molecule has 0 saturated heterocycles. The summed E-state index contributed by atoms with van der Waals surface area (Å²) >= 11 is 0. The van der Waals surface area contributed by atoms with Gasteiger partial charge in [0, 0.05) is 0 Å². The molecule has 2 fully saturated rings. The molecule has 0 radical (unpaired) electrons. The lowest BCUT2D eigenvalue weighted by atomic mass is 9.53. The molecule has 0 aliphatic heterocycles. The maximum Gasteiger partial charge on any atom is -0.0267 e. The molecule has 2 aliphatic carbocycles. The lowest BCUT2D eigenvalue weighted by Gasteiger charge is -2.52. The van der Waals surface area contributed by atoms with E-state index in [9.17, 15) is 0 Å². The van der Waals surface area contributed by atoms with Crippen LogP contribution in [-0.2, 0) is 0 Å². The Morgan fingerprint density at radius 2 is 1.43 bits per heavy atom. The fraction of sp³-hybridized carbons (Fsp3) is 1.00. The molecule has 0 heteroatoms. The fourth-order valence-electron chi connectivity index (χ4n) is 4.49. The van der Waals surface area contributed by atoms with Gasteiger partial charge in [-0.05, 0) is 61.2 Å². The Kier molecular flexibility index (Phi) is 2.66. The molecular weight excluding hydrogens is 168 g/mol. The maximum atomic E-state index is 2.47. The van der Waals surface area contributed by atoms with E-state index >= 15 is 0 Å². The minimum Gasteiger partial charge on any atom is -0.0625 e. The second kappa shape index (κ2) is 3.54. The van der Waals surface area contributed by atoms with E-state index in [2.05, 4.69) is 27.7 Å². The summed E-state index contributed by atoms with van der Waals surface area (Å²) in [5.41, 5.74) is 0.722. The molecule has 0 nitrogen and oxygen atoms in total. The van der Waals surface area contributed by atoms with E-state index in [1.807, 2.05) is 0 Å². The van der Waals surface area contributed by atoms with E-state index in [-0.39, 0.29) is 0 Å². The molecule has 2 rings (SSSR count). The molecule has 0 aromatic rings. The monoisotopic (exact) mass is 194 g/mol. The minimum atomic E-state index is 0.722. The van der Waals surface area contributed by atoms with Gasteiger partial charge >= 0.3 is 0 Å². The van der Waals surface area contributed by atoms with Crippen LogP contribution in [-0.4, -0.2) is 0 Å². The Hall–Kier alpha value is 0. The van der Waals surface area contributed by atoms with Gasteiger partial charge in [0.2, 0.25) is 0 Å². The zero-order valence-electron chi connectivity index (χ0n) is 10.3. The molecule has 0 amide bonds. The lowest BCUT2D eigenvalue weighted by molar-refractivity contribution is -0.0176. The van der Waals surface area contributed by atoms with Gasteiger partial charge in [0.25, 0.3) is 0 Å². The Morgan fingerprint density at radius 3 is 1.86 bits per heavy atom. The van der Waals surface area contributed by atoms with Gasteiger partial charge in [0.05, 0.1) is 0 Å². The van der Waals surface area contributed by atoms with Gasteiger partial charge in [-0.1, -0.05) is 27.7 Å². The third-order valence-corrected chi connectivity index (χ3v) is 4.90. The van der Waals surface area contributed by atoms with E-state index in [1.54, 1.807) is 6.42 Å². The van der Waals surface area contributed by atoms with Crippen molar-refractivity contribution in [2.24, 2.45) is 29.1 Å². The van der Waals surface area contributed by atoms with Gasteiger partial charge in [-0.25, -0.2) is 0 Å². The highest BCUT2D eigenvalue weighted by Crippen LogP contribution is 2.56. The van der Waals surface area contributed by atoms with Crippen LogP contribution in [0.25, 0.3) is 0 Å². The van der Waals surface area contributed by atoms with E-state index in [1.165, 1.54) is 25.7 Å². The van der Waals surface area contributed by atoms with Crippen molar-refractivity contribution in [3.05, 3.63) is 0 Å². The standard InChI is InChI=1S/C14H26/c1-10(2)14-7-11(3)5-13(9-14)6-12(4)8-14/h10-13H,5-9H2,1-4H3. The zero-order chi connectivity index (χ0) is 10.3. The predicted octanol–water partition coefficient (Wildman–Crippen LogP) is 4.49. The molecular formula is C14H26. The summed E-state index contributed by atoms with van der Waals surface area (Å²) in [5, 5.41) is 0. The van der Waals surface area contributed by atoms with Crippen LogP contribution in [0.5, 0.6) is 0 Å². The van der Waals surface area contributed by atoms with Crippen LogP contribution in [0, 0.1) is 29.1 Å². The SMILES string of the molecule is CC1CC2CC(C)CC(C(C)C)(C1)C2. The summed E-state index contributed by atoms with van der Waals surface area (Å²) in [4.78, 5) is 0. The van der Waals surface area contributed by atoms with Gasteiger partial charge in [-0.15, -0.1) is 0 Å². The first kappa shape index (κ1) is 10.5. The average Bonchev–Trinajstić information content (AvgIpc) is 2.00. The van der Waals surface area contributed by atoms with Gasteiger partial charge in [0.1, 0.15) is 0 Å². The molecule has 2 atom stereocenters. The molecule has 2 saturated carbocycles. The van der Waals surface area contributed by atoms with Crippen LogP contribution in [0.1, 0.15) is 59.8 Å². The van der Waals surface area contributed by atoms with E-state index in [4.69, 9.17) is 0 Å². The first-order valence-corrected chi connectivity index (χ1v) is 6.52. The van der Waals surface area contributed by atoms with Crippen LogP contribution < -0.4 is 0 Å². The van der Waals surface area contributed by atoms with Crippen molar-refractivity contribution in [1.29, 1.82) is 0 Å². The van der Waals surface area contributed by atoms with Crippen molar-refractivity contribution >= 4 is 0 Å². The molecule has 0 spiro atoms. The minimum absolute atomic E-state index is 0.722. The molecule has 2 bridgehead atoms. The van der Waals surface area contributed by atoms with Gasteiger partial charge in [-0.3, -0.25) is 0 Å². The van der Waals surface area contributed by atoms with E-state index in [0.717, 1.165) is 29.1 Å². The van der Waals surface area contributed by atoms with Gasteiger partial charge in [-0.2, -0.15) is 0 Å². The predicted molar refractivity (Wildman–Crippen MR) is 62.2 cm³/mol. The summed E-state index contributed by atoms with van der Waals surface area (Å²) in [7, 11) is 0. The topological polar surface area (TPSA) is 0 Å². The number of hydrogen-bond donors (Lipinski definition) is 0. The molecule has 2 unspecified atom stereocenters. The van der Waals surface area contributed by atoms with Crippen molar-refractivity contribution in [1.82, 2.24) is 0 Å². The second-order valence-corrected chi connectivity index (χ2v) is 6.68. The molecule has 82 valence electrons. The van der Waals surface area contributed by atoms with Crippen LogP contribution in [0.15, 0.2) is 0 Å². The van der Waals surface area contributed by atoms with Crippen molar-refractivity contribution in [2.75, 3.05) is 0 Å². The quantitative estimate of drug-likeness (QED) is 0.577. The molecule has 14 heavy (non-hydrogen) atoms. The van der Waals surface area contributed by atoms with Crippen molar-refractivity contribution < 1.29 is 0 Å². The van der Waals surface area contributed by atoms with Crippen molar-refractivity contribution in [3.63, 3.8) is 0 Å². The Bertz CT molecular complexity index is 185. The maximum absolute atomic E-state index is 2.47. The highest BCUT2D eigenvalue weighted by Gasteiger charge is 2.45. The average molecular weight is 194 g/mol. The van der Waals surface area contributed by atoms with E-state index in [0.29, 0.717) is 0 Å². The Labute approximate surface area is 89.5 Å². The summed E-state index contributed by atoms with van der Waals surface area (Å²) in [5.74, 6) is 3.94. The second-order valence-electron chi connectivity index (χ2n) is 6.68. The van der Waals surface area contributed by atoms with Gasteiger partial charge < -0.3 is 0 Å². The molecule has 0 N–H and O–H groups in total. The summed E-state index contributed by atoms with van der Waals surface area (Å²) < 4.78 is 0. The largest absolute Gasteiger partial charge is 0.0625 e. The summed E-state index contributed by atoms with van der Waals surface area (Å²) in [6, 6.07) is 0. The Morgan fingerprint density at radius 1 is 0.929 bits per heavy atom. The zero-order valence-corrected chi connectivity index (χ0v) is 10.3. The van der Waals surface area contributed by atoms with Crippen molar-refractivity contribution in [3.8, 4) is 0 Å². The van der Waals surface area contributed by atoms with Crippen LogP contribution in [0.2, 0.25) is 0 Å². The molecule has 0 heterocycles. The molecule has 2 aliphatic rings. The Balaban J connectivity index is 2.19. The van der Waals surface area contributed by atoms with Crippen molar-refractivity contribution in [2.45, 2.75) is 59.8 Å². The summed E-state index contributed by atoms with van der Waals surface area (Å²) in [6.45, 7) is 9.85. The van der Waals surface area contributed by atoms with Gasteiger partial charge in [0.15, 0.2) is 0 Å². The fourth-order valence-corrected chi connectivity index (χ4v) is 4.49. The van der Waals surface area contributed by atoms with E-state index < -0.39 is 0 Å².